The molecule has 0 heterocycles. The van der Waals surface area contributed by atoms with Crippen LogP contribution in [-0.4, -0.2) is 18.1 Å². The van der Waals surface area contributed by atoms with Gasteiger partial charge in [0.05, 0.1) is 0 Å². The van der Waals surface area contributed by atoms with Crippen molar-refractivity contribution in [3.8, 4) is 0 Å². The second-order valence-corrected chi connectivity index (χ2v) is 6.52. The number of esters is 1. The number of hydrogen-bond acceptors (Lipinski definition) is 3. The van der Waals surface area contributed by atoms with Crippen LogP contribution in [0.1, 0.15) is 51.5 Å². The number of hydrogen-bond donors (Lipinski definition) is 1. The number of alkyl carbamates (subject to hydrolysis) is 1. The minimum atomic E-state index is -0.670. The Morgan fingerprint density at radius 2 is 1.92 bits per heavy atom. The zero-order valence-electron chi connectivity index (χ0n) is 14.5. The molecule has 128 valence electrons. The first-order valence-electron chi connectivity index (χ1n) is 8.33. The standard InChI is InChI=1S/C20H25NO3/c1-14(2)8-7-9-15(3)12-19(22)24-20(23)21-18-13-17(18)16-10-5-4-6-11-16/h4-6,8,10-12,17-18H,7,9,13H2,1-3H3,(H,21,23)/b15-12+. The second-order valence-electron chi connectivity index (χ2n) is 6.52. The Bertz CT molecular complexity index is 642. The molecule has 24 heavy (non-hydrogen) atoms. The number of amides is 1. The molecule has 0 radical (unpaired) electrons. The number of nitrogens with one attached hydrogen (secondary N) is 1. The molecule has 0 saturated heterocycles. The molecule has 4 heteroatoms. The first kappa shape index (κ1) is 18.0. The number of benzene rings is 1. The molecule has 2 unspecified atom stereocenters. The van der Waals surface area contributed by atoms with Gasteiger partial charge < -0.3 is 10.1 Å². The average molecular weight is 327 g/mol. The number of rotatable bonds is 6. The van der Waals surface area contributed by atoms with Gasteiger partial charge in [-0.25, -0.2) is 9.59 Å². The van der Waals surface area contributed by atoms with E-state index >= 15 is 0 Å². The van der Waals surface area contributed by atoms with Gasteiger partial charge in [0.1, 0.15) is 0 Å². The SMILES string of the molecule is CC(C)=CCC/C(C)=C/C(=O)OC(=O)NC1CC1c1ccccc1. The van der Waals surface area contributed by atoms with Crippen molar-refractivity contribution in [3.05, 3.63) is 59.2 Å². The molecule has 0 aromatic heterocycles. The molecule has 1 fully saturated rings. The van der Waals surface area contributed by atoms with Gasteiger partial charge in [0.15, 0.2) is 0 Å². The first-order chi connectivity index (χ1) is 11.5. The summed E-state index contributed by atoms with van der Waals surface area (Å²) in [6.07, 6.45) is 5.37. The molecule has 1 aromatic rings. The van der Waals surface area contributed by atoms with Crippen LogP contribution < -0.4 is 5.32 Å². The van der Waals surface area contributed by atoms with E-state index in [9.17, 15) is 9.59 Å². The molecule has 2 atom stereocenters. The third kappa shape index (κ3) is 6.03. The summed E-state index contributed by atoms with van der Waals surface area (Å²) in [4.78, 5) is 23.5. The summed E-state index contributed by atoms with van der Waals surface area (Å²) in [5, 5.41) is 2.74. The van der Waals surface area contributed by atoms with Crippen LogP contribution in [0.4, 0.5) is 4.79 Å². The van der Waals surface area contributed by atoms with Crippen molar-refractivity contribution in [2.45, 2.75) is 52.0 Å². The third-order valence-electron chi connectivity index (χ3n) is 3.97. The van der Waals surface area contributed by atoms with E-state index in [0.29, 0.717) is 5.92 Å². The highest BCUT2D eigenvalue weighted by Gasteiger charge is 2.39. The maximum absolute atomic E-state index is 11.8. The van der Waals surface area contributed by atoms with E-state index in [2.05, 4.69) is 11.4 Å². The molecule has 0 bridgehead atoms. The van der Waals surface area contributed by atoms with Gasteiger partial charge in [0, 0.05) is 18.0 Å². The fraction of sp³-hybridized carbons (Fsp3) is 0.400. The summed E-state index contributed by atoms with van der Waals surface area (Å²) in [6, 6.07) is 10.1. The average Bonchev–Trinajstić information content (AvgIpc) is 3.26. The molecule has 0 spiro atoms. The number of carbonyl (C=O) groups is 2. The van der Waals surface area contributed by atoms with Gasteiger partial charge in [-0.3, -0.25) is 0 Å². The quantitative estimate of drug-likeness (QED) is 0.362. The molecule has 1 saturated carbocycles. The Morgan fingerprint density at radius 3 is 2.58 bits per heavy atom. The Labute approximate surface area is 143 Å². The van der Waals surface area contributed by atoms with Gasteiger partial charge in [0.25, 0.3) is 0 Å². The third-order valence-corrected chi connectivity index (χ3v) is 3.97. The topological polar surface area (TPSA) is 55.4 Å². The molecule has 4 nitrogen and oxygen atoms in total. The van der Waals surface area contributed by atoms with Crippen LogP contribution >= 0.6 is 0 Å². The van der Waals surface area contributed by atoms with Gasteiger partial charge in [-0.2, -0.15) is 0 Å². The molecule has 2 rings (SSSR count). The minimum absolute atomic E-state index is 0.0513. The lowest BCUT2D eigenvalue weighted by Crippen LogP contribution is -2.29. The van der Waals surface area contributed by atoms with Gasteiger partial charge in [-0.1, -0.05) is 47.6 Å². The highest BCUT2D eigenvalue weighted by Crippen LogP contribution is 2.40. The lowest BCUT2D eigenvalue weighted by atomic mass is 10.1. The smallest absolute Gasteiger partial charge is 0.373 e. The van der Waals surface area contributed by atoms with Crippen molar-refractivity contribution in [2.24, 2.45) is 0 Å². The summed E-state index contributed by atoms with van der Waals surface area (Å²) in [6.45, 7) is 5.95. The van der Waals surface area contributed by atoms with Crippen molar-refractivity contribution in [2.75, 3.05) is 0 Å². The van der Waals surface area contributed by atoms with Crippen LogP contribution in [0.25, 0.3) is 0 Å². The number of ether oxygens (including phenoxy) is 1. The predicted molar refractivity (Wildman–Crippen MR) is 94.6 cm³/mol. The largest absolute Gasteiger partial charge is 0.415 e. The first-order valence-corrected chi connectivity index (χ1v) is 8.33. The van der Waals surface area contributed by atoms with E-state index in [0.717, 1.165) is 24.8 Å². The van der Waals surface area contributed by atoms with Crippen molar-refractivity contribution in [1.82, 2.24) is 5.32 Å². The van der Waals surface area contributed by atoms with Crippen LogP contribution in [0.15, 0.2) is 53.6 Å². The highest BCUT2D eigenvalue weighted by molar-refractivity contribution is 5.92. The zero-order chi connectivity index (χ0) is 17.5. The molecular formula is C20H25NO3. The van der Waals surface area contributed by atoms with Crippen molar-refractivity contribution in [3.63, 3.8) is 0 Å². The van der Waals surface area contributed by atoms with Crippen molar-refractivity contribution >= 4 is 12.1 Å². The fourth-order valence-corrected chi connectivity index (χ4v) is 2.59. The highest BCUT2D eigenvalue weighted by atomic mass is 16.6. The summed E-state index contributed by atoms with van der Waals surface area (Å²) in [5.41, 5.74) is 3.35. The molecule has 1 N–H and O–H groups in total. The molecule has 1 aromatic carbocycles. The van der Waals surface area contributed by atoms with Crippen LogP contribution in [0, 0.1) is 0 Å². The van der Waals surface area contributed by atoms with Crippen LogP contribution in [0.5, 0.6) is 0 Å². The van der Waals surface area contributed by atoms with E-state index in [-0.39, 0.29) is 6.04 Å². The number of allylic oxidation sites excluding steroid dienone is 3. The Morgan fingerprint density at radius 1 is 1.21 bits per heavy atom. The summed E-state index contributed by atoms with van der Waals surface area (Å²) in [7, 11) is 0. The minimum Gasteiger partial charge on any atom is -0.373 e. The maximum atomic E-state index is 11.8. The lowest BCUT2D eigenvalue weighted by molar-refractivity contribution is -0.131. The fourth-order valence-electron chi connectivity index (χ4n) is 2.59. The van der Waals surface area contributed by atoms with Gasteiger partial charge in [0.2, 0.25) is 0 Å². The summed E-state index contributed by atoms with van der Waals surface area (Å²) < 4.78 is 4.80. The lowest BCUT2D eigenvalue weighted by Gasteiger charge is -2.04. The Balaban J connectivity index is 1.73. The maximum Gasteiger partial charge on any atom is 0.415 e. The van der Waals surface area contributed by atoms with Crippen LogP contribution in [-0.2, 0) is 9.53 Å². The predicted octanol–water partition coefficient (Wildman–Crippen LogP) is 4.49. The van der Waals surface area contributed by atoms with E-state index < -0.39 is 12.1 Å². The van der Waals surface area contributed by atoms with Crippen molar-refractivity contribution < 1.29 is 14.3 Å². The van der Waals surface area contributed by atoms with Crippen LogP contribution in [0.3, 0.4) is 0 Å². The zero-order valence-corrected chi connectivity index (χ0v) is 14.5. The van der Waals surface area contributed by atoms with Crippen LogP contribution in [0.2, 0.25) is 0 Å². The van der Waals surface area contributed by atoms with E-state index in [1.54, 1.807) is 0 Å². The monoisotopic (exact) mass is 327 g/mol. The summed E-state index contributed by atoms with van der Waals surface area (Å²) in [5.74, 6) is -0.297. The molecule has 1 aliphatic carbocycles. The molecule has 1 aliphatic rings. The summed E-state index contributed by atoms with van der Waals surface area (Å²) >= 11 is 0. The van der Waals surface area contributed by atoms with Gasteiger partial charge >= 0.3 is 12.1 Å². The van der Waals surface area contributed by atoms with E-state index in [1.807, 2.05) is 51.1 Å². The second kappa shape index (κ2) is 8.48. The molecule has 1 amide bonds. The number of carbonyl (C=O) groups excluding carboxylic acids is 2. The van der Waals surface area contributed by atoms with E-state index in [4.69, 9.17) is 4.74 Å². The van der Waals surface area contributed by atoms with E-state index in [1.165, 1.54) is 17.2 Å². The van der Waals surface area contributed by atoms with Gasteiger partial charge in [-0.05, 0) is 45.6 Å². The Kier molecular flexibility index (Phi) is 6.36. The molecular weight excluding hydrogens is 302 g/mol. The molecule has 0 aliphatic heterocycles. The van der Waals surface area contributed by atoms with Crippen molar-refractivity contribution in [1.29, 1.82) is 0 Å². The Hall–Kier alpha value is -2.36. The van der Waals surface area contributed by atoms with Gasteiger partial charge in [-0.15, -0.1) is 0 Å². The normalized spacial score (nSPS) is 19.4.